The van der Waals surface area contributed by atoms with E-state index in [0.29, 0.717) is 12.8 Å². The van der Waals surface area contributed by atoms with Gasteiger partial charge in [-0.1, -0.05) is 0 Å². The Balaban J connectivity index is 1.81. The van der Waals surface area contributed by atoms with E-state index >= 15 is 0 Å². The second-order valence-electron chi connectivity index (χ2n) is 6.53. The number of benzene rings is 1. The molecule has 2 saturated heterocycles. The summed E-state index contributed by atoms with van der Waals surface area (Å²) in [4.78, 5) is 21.6. The number of nitrogens with zero attached hydrogens (tertiary/aromatic N) is 2. The molecule has 0 radical (unpaired) electrons. The van der Waals surface area contributed by atoms with Gasteiger partial charge in [-0.05, 0) is 19.3 Å². The topological polar surface area (TPSA) is 136 Å². The first kappa shape index (κ1) is 17.0. The smallest absolute Gasteiger partial charge is 0.308 e. The predicted molar refractivity (Wildman–Crippen MR) is 85.7 cm³/mol. The van der Waals surface area contributed by atoms with Crippen molar-refractivity contribution in [3.63, 3.8) is 0 Å². The molecule has 3 unspecified atom stereocenters. The maximum Gasteiger partial charge on any atom is 0.308 e. The van der Waals surface area contributed by atoms with Crippen molar-refractivity contribution in [2.75, 3.05) is 13.2 Å². The van der Waals surface area contributed by atoms with Gasteiger partial charge in [-0.2, -0.15) is 4.31 Å². The van der Waals surface area contributed by atoms with Gasteiger partial charge in [0.25, 0.3) is 15.7 Å². The average molecular weight is 384 g/mol. The zero-order valence-electron chi connectivity index (χ0n) is 13.5. The van der Waals surface area contributed by atoms with Gasteiger partial charge in [0, 0.05) is 18.2 Å². The van der Waals surface area contributed by atoms with Gasteiger partial charge >= 0.3 is 5.97 Å². The minimum Gasteiger partial charge on any atom is -0.486 e. The van der Waals surface area contributed by atoms with Gasteiger partial charge in [-0.25, -0.2) is 8.42 Å². The van der Waals surface area contributed by atoms with Crippen molar-refractivity contribution >= 4 is 21.7 Å². The van der Waals surface area contributed by atoms with Crippen LogP contribution in [0.2, 0.25) is 0 Å². The number of sulfonamides is 1. The Kier molecular flexibility index (Phi) is 3.81. The Labute approximate surface area is 148 Å². The highest BCUT2D eigenvalue weighted by atomic mass is 32.2. The molecule has 140 valence electrons. The summed E-state index contributed by atoms with van der Waals surface area (Å²) in [5.41, 5.74) is -0.604. The van der Waals surface area contributed by atoms with Crippen LogP contribution in [0.25, 0.3) is 0 Å². The Hall–Kier alpha value is -2.40. The summed E-state index contributed by atoms with van der Waals surface area (Å²) in [6, 6.07) is 1.01. The molecule has 1 aromatic carbocycles. The molecule has 26 heavy (non-hydrogen) atoms. The van der Waals surface area contributed by atoms with Crippen LogP contribution in [0.4, 0.5) is 5.69 Å². The van der Waals surface area contributed by atoms with Gasteiger partial charge in [0.15, 0.2) is 16.4 Å². The molecule has 0 aromatic heterocycles. The third kappa shape index (κ3) is 2.42. The highest BCUT2D eigenvalue weighted by molar-refractivity contribution is 7.89. The van der Waals surface area contributed by atoms with Gasteiger partial charge < -0.3 is 14.6 Å². The molecule has 0 spiro atoms. The van der Waals surface area contributed by atoms with Crippen LogP contribution in [0, 0.1) is 16.0 Å². The third-order valence-electron chi connectivity index (χ3n) is 5.17. The number of hydrogen-bond acceptors (Lipinski definition) is 7. The molecule has 3 heterocycles. The number of rotatable bonds is 4. The number of carboxylic acid groups (broad SMARTS) is 1. The van der Waals surface area contributed by atoms with E-state index in [1.807, 2.05) is 0 Å². The first-order chi connectivity index (χ1) is 12.3. The van der Waals surface area contributed by atoms with E-state index in [-0.39, 0.29) is 31.1 Å². The van der Waals surface area contributed by atoms with E-state index in [1.54, 1.807) is 0 Å². The van der Waals surface area contributed by atoms with Crippen LogP contribution in [-0.4, -0.2) is 54.0 Å². The van der Waals surface area contributed by atoms with E-state index in [4.69, 9.17) is 9.47 Å². The summed E-state index contributed by atoms with van der Waals surface area (Å²) >= 11 is 0. The number of nitro groups is 1. The molecular weight excluding hydrogens is 368 g/mol. The summed E-state index contributed by atoms with van der Waals surface area (Å²) in [5, 5.41) is 20.8. The third-order valence-corrected chi connectivity index (χ3v) is 7.17. The lowest BCUT2D eigenvalue weighted by Crippen LogP contribution is -2.38. The summed E-state index contributed by atoms with van der Waals surface area (Å²) in [6.07, 6.45) is 1.20. The first-order valence-corrected chi connectivity index (χ1v) is 9.59. The van der Waals surface area contributed by atoms with Crippen LogP contribution >= 0.6 is 0 Å². The standard InChI is InChI=1S/C15H16N2O8S/c18-15(19)9-5-8-1-2-10(9)16(8)26(22,23)14-7-13-12(24-3-4-25-13)6-11(14)17(20)21/h6-10H,1-5H2,(H,18,19). The van der Waals surface area contributed by atoms with Crippen LogP contribution in [-0.2, 0) is 14.8 Å². The largest absolute Gasteiger partial charge is 0.486 e. The maximum absolute atomic E-state index is 13.2. The molecule has 2 fully saturated rings. The Morgan fingerprint density at radius 3 is 2.46 bits per heavy atom. The second-order valence-corrected chi connectivity index (χ2v) is 8.35. The summed E-state index contributed by atoms with van der Waals surface area (Å²) in [5.74, 6) is -1.59. The SMILES string of the molecule is O=C(O)C1CC2CCC1N2S(=O)(=O)c1cc2c(cc1[N+](=O)[O-])OCCO2. The molecular formula is C15H16N2O8S. The molecule has 0 aliphatic carbocycles. The molecule has 3 atom stereocenters. The summed E-state index contributed by atoms with van der Waals surface area (Å²) in [6.45, 7) is 0.424. The van der Waals surface area contributed by atoms with Crippen LogP contribution in [0.1, 0.15) is 19.3 Å². The molecule has 4 rings (SSSR count). The normalized spacial score (nSPS) is 27.5. The highest BCUT2D eigenvalue weighted by Crippen LogP contribution is 2.47. The van der Waals surface area contributed by atoms with Gasteiger partial charge in [0.05, 0.1) is 16.9 Å². The molecule has 3 aliphatic rings. The van der Waals surface area contributed by atoms with Gasteiger partial charge in [0.1, 0.15) is 13.2 Å². The fourth-order valence-electron chi connectivity index (χ4n) is 4.10. The number of aliphatic carboxylic acids is 1. The van der Waals surface area contributed by atoms with Crippen molar-refractivity contribution in [2.45, 2.75) is 36.2 Å². The fourth-order valence-corrected chi connectivity index (χ4v) is 6.17. The predicted octanol–water partition coefficient (Wildman–Crippen LogP) is 0.992. The zero-order valence-corrected chi connectivity index (χ0v) is 14.3. The number of ether oxygens (including phenoxy) is 2. The van der Waals surface area contributed by atoms with E-state index in [2.05, 4.69) is 0 Å². The number of nitro benzene ring substituents is 1. The Morgan fingerprint density at radius 2 is 1.88 bits per heavy atom. The maximum atomic E-state index is 13.2. The molecule has 10 nitrogen and oxygen atoms in total. The van der Waals surface area contributed by atoms with E-state index in [1.165, 1.54) is 0 Å². The Bertz CT molecular complexity index is 899. The molecule has 0 saturated carbocycles. The molecule has 2 bridgehead atoms. The molecule has 1 aromatic rings. The van der Waals surface area contributed by atoms with Gasteiger partial charge in [-0.3, -0.25) is 14.9 Å². The molecule has 1 N–H and O–H groups in total. The van der Waals surface area contributed by atoms with Crippen molar-refractivity contribution < 1.29 is 32.7 Å². The average Bonchev–Trinajstić information content (AvgIpc) is 3.19. The zero-order chi connectivity index (χ0) is 18.6. The quantitative estimate of drug-likeness (QED) is 0.599. The van der Waals surface area contributed by atoms with Crippen LogP contribution in [0.15, 0.2) is 17.0 Å². The van der Waals surface area contributed by atoms with E-state index in [9.17, 15) is 28.4 Å². The number of hydrogen-bond donors (Lipinski definition) is 1. The van der Waals surface area contributed by atoms with Crippen molar-refractivity contribution in [1.29, 1.82) is 0 Å². The van der Waals surface area contributed by atoms with Crippen molar-refractivity contribution in [2.24, 2.45) is 5.92 Å². The van der Waals surface area contributed by atoms with Crippen molar-refractivity contribution in [3.05, 3.63) is 22.2 Å². The lowest BCUT2D eigenvalue weighted by atomic mass is 9.89. The summed E-state index contributed by atoms with van der Waals surface area (Å²) < 4.78 is 38.2. The minimum absolute atomic E-state index is 0.120. The fraction of sp³-hybridized carbons (Fsp3) is 0.533. The highest BCUT2D eigenvalue weighted by Gasteiger charge is 2.55. The second kappa shape index (κ2) is 5.81. The van der Waals surface area contributed by atoms with Crippen LogP contribution < -0.4 is 9.47 Å². The first-order valence-electron chi connectivity index (χ1n) is 8.15. The monoisotopic (exact) mass is 384 g/mol. The number of carbonyl (C=O) groups is 1. The lowest BCUT2D eigenvalue weighted by molar-refractivity contribution is -0.388. The van der Waals surface area contributed by atoms with E-state index < -0.39 is 49.5 Å². The minimum atomic E-state index is -4.26. The lowest BCUT2D eigenvalue weighted by Gasteiger charge is -2.24. The molecule has 0 amide bonds. The van der Waals surface area contributed by atoms with Crippen molar-refractivity contribution in [3.8, 4) is 11.5 Å². The van der Waals surface area contributed by atoms with Gasteiger partial charge in [-0.15, -0.1) is 0 Å². The Morgan fingerprint density at radius 1 is 1.23 bits per heavy atom. The van der Waals surface area contributed by atoms with Gasteiger partial charge in [0.2, 0.25) is 0 Å². The number of fused-ring (bicyclic) bond motifs is 3. The van der Waals surface area contributed by atoms with Crippen molar-refractivity contribution in [1.82, 2.24) is 4.31 Å². The van der Waals surface area contributed by atoms with Crippen LogP contribution in [0.5, 0.6) is 11.5 Å². The van der Waals surface area contributed by atoms with E-state index in [0.717, 1.165) is 16.4 Å². The van der Waals surface area contributed by atoms with Crippen LogP contribution in [0.3, 0.4) is 0 Å². The molecule has 3 aliphatic heterocycles. The molecule has 11 heteroatoms. The number of carboxylic acids is 1. The summed E-state index contributed by atoms with van der Waals surface area (Å²) in [7, 11) is -4.26.